The van der Waals surface area contributed by atoms with Crippen molar-refractivity contribution in [3.8, 4) is 39.4 Å². The van der Waals surface area contributed by atoms with Gasteiger partial charge in [-0.15, -0.1) is 0 Å². The zero-order chi connectivity index (χ0) is 21.8. The summed E-state index contributed by atoms with van der Waals surface area (Å²) in [4.78, 5) is 7.23. The molecule has 0 aliphatic rings. The topological polar surface area (TPSA) is 36.4 Å². The Morgan fingerprint density at radius 1 is 0.710 bits per heavy atom. The Kier molecular flexibility index (Phi) is 6.03. The lowest BCUT2D eigenvalue weighted by molar-refractivity contribution is 0.477. The maximum absolute atomic E-state index is 10.4. The van der Waals surface area contributed by atoms with Crippen molar-refractivity contribution in [1.82, 2.24) is 4.98 Å². The summed E-state index contributed by atoms with van der Waals surface area (Å²) in [6, 6.07) is 28.6. The molecule has 0 fully saturated rings. The molecule has 1 aromatic heterocycles. The molecule has 0 amide bonds. The van der Waals surface area contributed by atoms with E-state index in [2.05, 4.69) is 86.3 Å². The molecular formula is C28H28N2O. The summed E-state index contributed by atoms with van der Waals surface area (Å²) in [6.07, 6.45) is 0. The SMILES string of the molecule is CCN(CC)c1ccc(-c2cc(-c3ccc(C)cc3)nc(-c3ccccc3O)c2)cc1. The Morgan fingerprint density at radius 2 is 1.32 bits per heavy atom. The van der Waals surface area contributed by atoms with Crippen LogP contribution < -0.4 is 4.90 Å². The van der Waals surface area contributed by atoms with Crippen molar-refractivity contribution in [3.05, 3.63) is 90.5 Å². The Labute approximate surface area is 184 Å². The predicted octanol–water partition coefficient (Wildman–Crippen LogP) is 6.94. The van der Waals surface area contributed by atoms with Gasteiger partial charge in [-0.3, -0.25) is 0 Å². The molecule has 4 aromatic rings. The molecule has 0 aliphatic heterocycles. The van der Waals surface area contributed by atoms with E-state index in [1.807, 2.05) is 18.2 Å². The van der Waals surface area contributed by atoms with E-state index in [-0.39, 0.29) is 5.75 Å². The predicted molar refractivity (Wildman–Crippen MR) is 131 cm³/mol. The highest BCUT2D eigenvalue weighted by atomic mass is 16.3. The summed E-state index contributed by atoms with van der Waals surface area (Å²) in [7, 11) is 0. The van der Waals surface area contributed by atoms with Gasteiger partial charge in [0.1, 0.15) is 5.75 Å². The number of aromatic nitrogens is 1. The molecule has 31 heavy (non-hydrogen) atoms. The first-order chi connectivity index (χ1) is 15.1. The molecule has 0 aliphatic carbocycles. The number of anilines is 1. The van der Waals surface area contributed by atoms with E-state index in [1.165, 1.54) is 11.3 Å². The van der Waals surface area contributed by atoms with E-state index in [0.717, 1.165) is 46.7 Å². The largest absolute Gasteiger partial charge is 0.507 e. The van der Waals surface area contributed by atoms with Crippen molar-refractivity contribution in [3.63, 3.8) is 0 Å². The monoisotopic (exact) mass is 408 g/mol. The molecule has 1 N–H and O–H groups in total. The highest BCUT2D eigenvalue weighted by molar-refractivity contribution is 5.79. The van der Waals surface area contributed by atoms with Crippen LogP contribution in [0.25, 0.3) is 33.6 Å². The number of nitrogens with zero attached hydrogens (tertiary/aromatic N) is 2. The Morgan fingerprint density at radius 3 is 1.97 bits per heavy atom. The van der Waals surface area contributed by atoms with Crippen LogP contribution in [0.2, 0.25) is 0 Å². The Bertz CT molecular complexity index is 1160. The maximum atomic E-state index is 10.4. The van der Waals surface area contributed by atoms with E-state index in [9.17, 15) is 5.11 Å². The van der Waals surface area contributed by atoms with Crippen LogP contribution in [0.1, 0.15) is 19.4 Å². The van der Waals surface area contributed by atoms with Crippen LogP contribution in [-0.4, -0.2) is 23.2 Å². The lowest BCUT2D eigenvalue weighted by Crippen LogP contribution is -2.21. The molecule has 0 unspecified atom stereocenters. The molecule has 0 bridgehead atoms. The highest BCUT2D eigenvalue weighted by Crippen LogP contribution is 2.34. The fourth-order valence-electron chi connectivity index (χ4n) is 3.85. The standard InChI is InChI=1S/C28H28N2O/c1-4-30(5-2)24-16-14-21(15-17-24)23-18-26(22-12-10-20(3)11-13-22)29-27(19-23)25-8-6-7-9-28(25)31/h6-19,31H,4-5H2,1-3H3. The first-order valence-electron chi connectivity index (χ1n) is 10.8. The molecule has 0 atom stereocenters. The third-order valence-electron chi connectivity index (χ3n) is 5.68. The van der Waals surface area contributed by atoms with Gasteiger partial charge < -0.3 is 10.0 Å². The van der Waals surface area contributed by atoms with Crippen LogP contribution in [0.3, 0.4) is 0 Å². The number of phenolic OH excluding ortho intramolecular Hbond substituents is 1. The summed E-state index contributed by atoms with van der Waals surface area (Å²) in [6.45, 7) is 8.40. The number of aryl methyl sites for hydroxylation is 1. The third-order valence-corrected chi connectivity index (χ3v) is 5.68. The molecule has 0 saturated carbocycles. The van der Waals surface area contributed by atoms with Gasteiger partial charge in [-0.1, -0.05) is 54.1 Å². The molecule has 3 aromatic carbocycles. The third kappa shape index (κ3) is 4.46. The van der Waals surface area contributed by atoms with Gasteiger partial charge in [0.2, 0.25) is 0 Å². The molecule has 156 valence electrons. The van der Waals surface area contributed by atoms with Gasteiger partial charge in [-0.2, -0.15) is 0 Å². The van der Waals surface area contributed by atoms with Gasteiger partial charge in [0.15, 0.2) is 0 Å². The summed E-state index contributed by atoms with van der Waals surface area (Å²) in [5, 5.41) is 10.4. The molecule has 1 heterocycles. The second kappa shape index (κ2) is 9.05. The number of pyridine rings is 1. The van der Waals surface area contributed by atoms with Gasteiger partial charge in [0.25, 0.3) is 0 Å². The van der Waals surface area contributed by atoms with Crippen LogP contribution in [0.15, 0.2) is 84.9 Å². The first kappa shape index (κ1) is 20.7. The summed E-state index contributed by atoms with van der Waals surface area (Å²) in [5.41, 5.74) is 8.09. The fourth-order valence-corrected chi connectivity index (χ4v) is 3.85. The summed E-state index contributed by atoms with van der Waals surface area (Å²) < 4.78 is 0. The van der Waals surface area contributed by atoms with Crippen LogP contribution in [0.4, 0.5) is 5.69 Å². The molecule has 3 nitrogen and oxygen atoms in total. The minimum atomic E-state index is 0.235. The van der Waals surface area contributed by atoms with E-state index in [1.54, 1.807) is 6.07 Å². The van der Waals surface area contributed by atoms with Crippen molar-refractivity contribution in [2.24, 2.45) is 0 Å². The van der Waals surface area contributed by atoms with E-state index in [4.69, 9.17) is 4.98 Å². The molecular weight excluding hydrogens is 380 g/mol. The average molecular weight is 409 g/mol. The lowest BCUT2D eigenvalue weighted by Gasteiger charge is -2.21. The number of hydrogen-bond donors (Lipinski definition) is 1. The number of para-hydroxylation sites is 1. The molecule has 3 heteroatoms. The maximum Gasteiger partial charge on any atom is 0.124 e. The van der Waals surface area contributed by atoms with Gasteiger partial charge in [0.05, 0.1) is 11.4 Å². The minimum absolute atomic E-state index is 0.235. The molecule has 4 rings (SSSR count). The van der Waals surface area contributed by atoms with Crippen molar-refractivity contribution in [1.29, 1.82) is 0 Å². The van der Waals surface area contributed by atoms with Gasteiger partial charge >= 0.3 is 0 Å². The van der Waals surface area contributed by atoms with Gasteiger partial charge in [0, 0.05) is 29.9 Å². The number of benzene rings is 3. The zero-order valence-electron chi connectivity index (χ0n) is 18.3. The average Bonchev–Trinajstić information content (AvgIpc) is 2.81. The van der Waals surface area contributed by atoms with Crippen molar-refractivity contribution in [2.75, 3.05) is 18.0 Å². The Balaban J connectivity index is 1.83. The van der Waals surface area contributed by atoms with Crippen molar-refractivity contribution < 1.29 is 5.11 Å². The number of phenols is 1. The molecule has 0 spiro atoms. The van der Waals surface area contributed by atoms with Crippen LogP contribution >= 0.6 is 0 Å². The van der Waals surface area contributed by atoms with Crippen LogP contribution in [0.5, 0.6) is 5.75 Å². The Hall–Kier alpha value is -3.59. The fraction of sp³-hybridized carbons (Fsp3) is 0.179. The van der Waals surface area contributed by atoms with Crippen molar-refractivity contribution in [2.45, 2.75) is 20.8 Å². The van der Waals surface area contributed by atoms with E-state index in [0.29, 0.717) is 0 Å². The summed E-state index contributed by atoms with van der Waals surface area (Å²) in [5.74, 6) is 0.235. The van der Waals surface area contributed by atoms with Crippen molar-refractivity contribution >= 4 is 5.69 Å². The van der Waals surface area contributed by atoms with Crippen LogP contribution in [0, 0.1) is 6.92 Å². The van der Waals surface area contributed by atoms with Crippen LogP contribution in [-0.2, 0) is 0 Å². The van der Waals surface area contributed by atoms with E-state index < -0.39 is 0 Å². The minimum Gasteiger partial charge on any atom is -0.507 e. The smallest absolute Gasteiger partial charge is 0.124 e. The molecule has 0 radical (unpaired) electrons. The second-order valence-corrected chi connectivity index (χ2v) is 7.73. The number of rotatable bonds is 6. The highest BCUT2D eigenvalue weighted by Gasteiger charge is 2.12. The quantitative estimate of drug-likeness (QED) is 0.375. The first-order valence-corrected chi connectivity index (χ1v) is 10.8. The van der Waals surface area contributed by atoms with Gasteiger partial charge in [-0.05, 0) is 68.3 Å². The number of aromatic hydroxyl groups is 1. The second-order valence-electron chi connectivity index (χ2n) is 7.73. The normalized spacial score (nSPS) is 10.8. The molecule has 0 saturated heterocycles. The van der Waals surface area contributed by atoms with Gasteiger partial charge in [-0.25, -0.2) is 4.98 Å². The van der Waals surface area contributed by atoms with E-state index >= 15 is 0 Å². The number of hydrogen-bond acceptors (Lipinski definition) is 3. The summed E-state index contributed by atoms with van der Waals surface area (Å²) >= 11 is 0. The lowest BCUT2D eigenvalue weighted by atomic mass is 9.99. The zero-order valence-corrected chi connectivity index (χ0v) is 18.3.